The zero-order chi connectivity index (χ0) is 30.9. The van der Waals surface area contributed by atoms with Crippen molar-refractivity contribution in [1.82, 2.24) is 10.2 Å². The summed E-state index contributed by atoms with van der Waals surface area (Å²) in [5, 5.41) is 12.7. The lowest BCUT2D eigenvalue weighted by Gasteiger charge is -2.26. The molecule has 4 atom stereocenters. The number of hydrogen-bond acceptors (Lipinski definition) is 6. The van der Waals surface area contributed by atoms with E-state index in [1.165, 1.54) is 5.56 Å². The Balaban J connectivity index is 1.66. The smallest absolute Gasteiger partial charge is 0.309 e. The Hall–Kier alpha value is -3.36. The molecule has 0 aliphatic carbocycles. The van der Waals surface area contributed by atoms with Crippen LogP contribution in [-0.2, 0) is 31.3 Å². The van der Waals surface area contributed by atoms with Crippen molar-refractivity contribution in [1.29, 1.82) is 0 Å². The fourth-order valence-electron chi connectivity index (χ4n) is 5.33. The maximum Gasteiger partial charge on any atom is 0.309 e. The van der Waals surface area contributed by atoms with Gasteiger partial charge in [0.1, 0.15) is 6.61 Å². The normalized spacial score (nSPS) is 16.6. The molecule has 0 unspecified atom stereocenters. The lowest BCUT2D eigenvalue weighted by molar-refractivity contribution is -0.150. The van der Waals surface area contributed by atoms with Crippen molar-refractivity contribution >= 4 is 29.5 Å². The summed E-state index contributed by atoms with van der Waals surface area (Å²) in [5.41, 5.74) is 2.23. The number of aliphatic hydroxyl groups is 1. The second-order valence-electron chi connectivity index (χ2n) is 11.1. The Labute approximate surface area is 260 Å². The van der Waals surface area contributed by atoms with Crippen molar-refractivity contribution in [3.05, 3.63) is 97.1 Å². The van der Waals surface area contributed by atoms with E-state index in [4.69, 9.17) is 4.74 Å². The number of carbonyl (C=O) groups is 3. The molecule has 0 saturated carbocycles. The first kappa shape index (κ1) is 34.1. The molecule has 1 saturated heterocycles. The molecular formula is C35H46N2O5S. The van der Waals surface area contributed by atoms with Gasteiger partial charge in [-0.25, -0.2) is 0 Å². The summed E-state index contributed by atoms with van der Waals surface area (Å²) in [5.74, 6) is -0.311. The molecule has 7 nitrogen and oxygen atoms in total. The van der Waals surface area contributed by atoms with E-state index < -0.39 is 12.0 Å². The number of rotatable bonds is 19. The van der Waals surface area contributed by atoms with Gasteiger partial charge in [0.05, 0.1) is 30.5 Å². The number of esters is 1. The average Bonchev–Trinajstić information content (AvgIpc) is 3.52. The molecule has 8 heteroatoms. The van der Waals surface area contributed by atoms with E-state index in [9.17, 15) is 19.5 Å². The molecular weight excluding hydrogens is 560 g/mol. The molecule has 0 spiro atoms. The van der Waals surface area contributed by atoms with Crippen LogP contribution in [0.15, 0.2) is 86.0 Å². The number of benzene rings is 2. The van der Waals surface area contributed by atoms with E-state index in [1.54, 1.807) is 28.8 Å². The van der Waals surface area contributed by atoms with Gasteiger partial charge in [-0.1, -0.05) is 72.8 Å². The third-order valence-corrected chi connectivity index (χ3v) is 8.91. The monoisotopic (exact) mass is 606 g/mol. The van der Waals surface area contributed by atoms with Crippen LogP contribution in [0.2, 0.25) is 0 Å². The molecule has 3 rings (SSSR count). The highest BCUT2D eigenvalue weighted by molar-refractivity contribution is 7.98. The van der Waals surface area contributed by atoms with E-state index in [-0.39, 0.29) is 49.4 Å². The summed E-state index contributed by atoms with van der Waals surface area (Å²) in [4.78, 5) is 41.5. The van der Waals surface area contributed by atoms with Crippen molar-refractivity contribution in [3.63, 3.8) is 0 Å². The van der Waals surface area contributed by atoms with Gasteiger partial charge in [0, 0.05) is 24.5 Å². The topological polar surface area (TPSA) is 95.9 Å². The Morgan fingerprint density at radius 1 is 1.02 bits per heavy atom. The molecule has 0 bridgehead atoms. The third kappa shape index (κ3) is 11.7. The third-order valence-electron chi connectivity index (χ3n) is 7.73. The molecule has 0 radical (unpaired) electrons. The first-order valence-electron chi connectivity index (χ1n) is 15.2. The average molecular weight is 607 g/mol. The van der Waals surface area contributed by atoms with Gasteiger partial charge in [0.25, 0.3) is 0 Å². The summed E-state index contributed by atoms with van der Waals surface area (Å²) >= 11 is 1.65. The number of allylic oxidation sites excluding steroid dienone is 2. The molecule has 2 aromatic rings. The zero-order valence-electron chi connectivity index (χ0n) is 25.1. The van der Waals surface area contributed by atoms with Gasteiger partial charge in [-0.15, -0.1) is 13.2 Å². The Kier molecular flexibility index (Phi) is 15.1. The number of nitrogens with one attached hydrogen (secondary N) is 1. The number of carbonyl (C=O) groups excluding carboxylic acids is 3. The Bertz CT molecular complexity index is 1160. The zero-order valence-corrected chi connectivity index (χ0v) is 25.9. The SMILES string of the molecule is C=CCC[C@H](Cc1ccccc1)C(=O)OC[C@H](CSCc1ccccc1)NC(=O)[C@@H](CC=C)CC(=O)N1CCC[C@H]1CO. The second kappa shape index (κ2) is 19.0. The van der Waals surface area contributed by atoms with E-state index >= 15 is 0 Å². The van der Waals surface area contributed by atoms with E-state index in [2.05, 4.69) is 30.6 Å². The van der Waals surface area contributed by atoms with Gasteiger partial charge in [-0.05, 0) is 49.7 Å². The number of hydrogen-bond donors (Lipinski definition) is 2. The lowest BCUT2D eigenvalue weighted by Crippen LogP contribution is -2.45. The van der Waals surface area contributed by atoms with Crippen LogP contribution in [0.3, 0.4) is 0 Å². The van der Waals surface area contributed by atoms with Gasteiger partial charge in [0.15, 0.2) is 0 Å². The van der Waals surface area contributed by atoms with Crippen LogP contribution in [0, 0.1) is 11.8 Å². The number of thioether (sulfide) groups is 1. The van der Waals surface area contributed by atoms with Gasteiger partial charge in [0.2, 0.25) is 11.8 Å². The van der Waals surface area contributed by atoms with Crippen molar-refractivity contribution in [2.24, 2.45) is 11.8 Å². The molecule has 1 heterocycles. The van der Waals surface area contributed by atoms with Crippen LogP contribution in [0.25, 0.3) is 0 Å². The summed E-state index contributed by atoms with van der Waals surface area (Å²) in [7, 11) is 0. The molecule has 1 fully saturated rings. The van der Waals surface area contributed by atoms with E-state index in [0.717, 1.165) is 24.2 Å². The summed E-state index contributed by atoms with van der Waals surface area (Å²) in [6.07, 6.45) is 7.36. The minimum atomic E-state index is -0.597. The van der Waals surface area contributed by atoms with Crippen molar-refractivity contribution in [2.75, 3.05) is 25.5 Å². The van der Waals surface area contributed by atoms with Crippen molar-refractivity contribution < 1.29 is 24.2 Å². The number of nitrogens with zero attached hydrogens (tertiary/aromatic N) is 1. The standard InChI is InChI=1S/C35H46N2O5S/c1-3-5-18-30(21-27-14-8-6-9-15-27)35(41)42-24-31(26-43-25-28-16-10-7-11-17-28)36-34(40)29(13-4-2)22-33(39)37-20-12-19-32(37)23-38/h3-4,6-11,14-17,29-32,38H,1-2,5,12-13,18-26H2,(H,36,40)/t29-,30+,31+,32-/m0/s1. The highest BCUT2D eigenvalue weighted by atomic mass is 32.2. The quantitative estimate of drug-likeness (QED) is 0.166. The molecule has 1 aliphatic rings. The van der Waals surface area contributed by atoms with Crippen LogP contribution in [0.4, 0.5) is 0 Å². The summed E-state index contributed by atoms with van der Waals surface area (Å²) in [6.45, 7) is 8.16. The molecule has 0 aromatic heterocycles. The minimum Gasteiger partial charge on any atom is -0.463 e. The van der Waals surface area contributed by atoms with E-state index in [1.807, 2.05) is 48.5 Å². The van der Waals surface area contributed by atoms with Crippen LogP contribution in [-0.4, -0.2) is 65.4 Å². The van der Waals surface area contributed by atoms with Crippen LogP contribution >= 0.6 is 11.8 Å². The lowest BCUT2D eigenvalue weighted by atomic mass is 9.95. The Morgan fingerprint density at radius 2 is 1.72 bits per heavy atom. The molecule has 1 aliphatic heterocycles. The van der Waals surface area contributed by atoms with Crippen molar-refractivity contribution in [3.8, 4) is 0 Å². The fraction of sp³-hybridized carbons (Fsp3) is 0.457. The van der Waals surface area contributed by atoms with Crippen molar-refractivity contribution in [2.45, 2.75) is 62.8 Å². The predicted molar refractivity (Wildman–Crippen MR) is 173 cm³/mol. The van der Waals surface area contributed by atoms with Crippen LogP contribution < -0.4 is 5.32 Å². The molecule has 43 heavy (non-hydrogen) atoms. The highest BCUT2D eigenvalue weighted by Gasteiger charge is 2.32. The number of aliphatic hydroxyl groups excluding tert-OH is 1. The van der Waals surface area contributed by atoms with Crippen LogP contribution in [0.5, 0.6) is 0 Å². The van der Waals surface area contributed by atoms with Gasteiger partial charge in [-0.2, -0.15) is 11.8 Å². The first-order valence-corrected chi connectivity index (χ1v) is 16.3. The highest BCUT2D eigenvalue weighted by Crippen LogP contribution is 2.22. The predicted octanol–water partition coefficient (Wildman–Crippen LogP) is 5.34. The fourth-order valence-corrected chi connectivity index (χ4v) is 6.34. The first-order chi connectivity index (χ1) is 20.9. The minimum absolute atomic E-state index is 0.0404. The summed E-state index contributed by atoms with van der Waals surface area (Å²) < 4.78 is 5.85. The molecule has 2 aromatic carbocycles. The van der Waals surface area contributed by atoms with Gasteiger partial charge in [-0.3, -0.25) is 14.4 Å². The molecule has 232 valence electrons. The summed E-state index contributed by atoms with van der Waals surface area (Å²) in [6, 6.07) is 19.3. The second-order valence-corrected chi connectivity index (χ2v) is 12.1. The Morgan fingerprint density at radius 3 is 2.37 bits per heavy atom. The largest absolute Gasteiger partial charge is 0.463 e. The maximum absolute atomic E-state index is 13.5. The molecule has 2 amide bonds. The number of likely N-dealkylation sites (tertiary alicyclic amines) is 1. The number of ether oxygens (including phenoxy) is 1. The van der Waals surface area contributed by atoms with Gasteiger partial charge >= 0.3 is 5.97 Å². The number of amides is 2. The maximum atomic E-state index is 13.5. The van der Waals surface area contributed by atoms with Crippen LogP contribution in [0.1, 0.15) is 49.7 Å². The van der Waals surface area contributed by atoms with E-state index in [0.29, 0.717) is 38.0 Å². The van der Waals surface area contributed by atoms with Gasteiger partial charge < -0.3 is 20.1 Å². The molecule has 2 N–H and O–H groups in total.